The van der Waals surface area contributed by atoms with E-state index in [1.807, 2.05) is 13.8 Å². The van der Waals surface area contributed by atoms with E-state index in [1.165, 1.54) is 39.5 Å². The van der Waals surface area contributed by atoms with E-state index in [-0.39, 0.29) is 102 Å². The molecule has 0 spiro atoms. The number of nitrogens with one attached hydrogen (secondary N) is 2. The molecule has 2 fully saturated rings. The number of hydrogen-bond acceptors (Lipinski definition) is 10. The number of fused-ring (bicyclic) bond motifs is 4. The predicted molar refractivity (Wildman–Crippen MR) is 202 cm³/mol. The van der Waals surface area contributed by atoms with Gasteiger partial charge in [0.1, 0.15) is 40.1 Å². The molecule has 2 aromatic carbocycles. The quantitative estimate of drug-likeness (QED) is 0.179. The zero-order valence-corrected chi connectivity index (χ0v) is 36.0. The summed E-state index contributed by atoms with van der Waals surface area (Å²) in [6.07, 6.45) is 2.61. The van der Waals surface area contributed by atoms with Gasteiger partial charge in [0, 0.05) is 60.8 Å². The molecule has 21 heteroatoms. The molecule has 0 aliphatic carbocycles. The van der Waals surface area contributed by atoms with Gasteiger partial charge in [-0.3, -0.25) is 28.8 Å². The molecule has 0 saturated carbocycles. The Labute approximate surface area is 372 Å². The molecule has 4 aromatic rings. The van der Waals surface area contributed by atoms with Crippen molar-refractivity contribution in [1.82, 2.24) is 29.6 Å². The largest absolute Gasteiger partial charge is 1.00 e. The second-order valence-corrected chi connectivity index (χ2v) is 14.8. The van der Waals surface area contributed by atoms with E-state index in [2.05, 4.69) is 10.6 Å². The van der Waals surface area contributed by atoms with Gasteiger partial charge in [-0.05, 0) is 44.6 Å². The third-order valence-electron chi connectivity index (χ3n) is 10.9. The molecule has 0 bridgehead atoms. The summed E-state index contributed by atoms with van der Waals surface area (Å²) in [5.41, 5.74) is -2.75. The summed E-state index contributed by atoms with van der Waals surface area (Å²) in [5, 5.41) is 17.4. The van der Waals surface area contributed by atoms with Crippen molar-refractivity contribution in [3.8, 4) is 11.5 Å². The maximum absolute atomic E-state index is 13.8. The molecule has 4 aliphatic heterocycles. The monoisotopic (exact) mass is 874 g/mol. The van der Waals surface area contributed by atoms with Gasteiger partial charge in [-0.2, -0.15) is 0 Å². The molecular formula is C41H39F4N6NaO10. The Bertz CT molecular complexity index is 2570. The van der Waals surface area contributed by atoms with Gasteiger partial charge >= 0.3 is 29.6 Å². The Kier molecular flexibility index (Phi) is 14.0. The molecular weight excluding hydrogens is 835 g/mol. The zero-order chi connectivity index (χ0) is 43.9. The third kappa shape index (κ3) is 8.87. The Morgan fingerprint density at radius 2 is 1.16 bits per heavy atom. The van der Waals surface area contributed by atoms with Crippen LogP contribution in [-0.4, -0.2) is 87.4 Å². The number of halogens is 4. The number of rotatable bonds is 7. The number of hydrogen-bond donors (Lipinski definition) is 2. The molecule has 16 nitrogen and oxygen atoms in total. The van der Waals surface area contributed by atoms with Crippen LogP contribution < -0.4 is 60.9 Å². The van der Waals surface area contributed by atoms with E-state index in [9.17, 15) is 51.4 Å². The number of benzene rings is 2. The molecule has 2 N–H and O–H groups in total. The van der Waals surface area contributed by atoms with Crippen LogP contribution in [0.25, 0.3) is 0 Å². The molecule has 0 unspecified atom stereocenters. The molecule has 4 amide bonds. The van der Waals surface area contributed by atoms with Crippen LogP contribution in [0, 0.1) is 23.3 Å². The van der Waals surface area contributed by atoms with Crippen molar-refractivity contribution in [2.24, 2.45) is 0 Å². The van der Waals surface area contributed by atoms with Crippen molar-refractivity contribution < 1.29 is 85.6 Å². The Morgan fingerprint density at radius 3 is 1.61 bits per heavy atom. The van der Waals surface area contributed by atoms with Gasteiger partial charge in [-0.25, -0.2) is 17.6 Å². The number of ether oxygens (including phenoxy) is 3. The summed E-state index contributed by atoms with van der Waals surface area (Å²) in [6, 6.07) is 5.66. The van der Waals surface area contributed by atoms with Crippen LogP contribution >= 0.6 is 0 Å². The Morgan fingerprint density at radius 1 is 0.726 bits per heavy atom. The van der Waals surface area contributed by atoms with Crippen LogP contribution in [-0.2, 0) is 35.7 Å². The molecule has 2 saturated heterocycles. The van der Waals surface area contributed by atoms with E-state index in [0.29, 0.717) is 38.2 Å². The Hall–Kier alpha value is -5.54. The number of carbonyl (C=O) groups excluding carboxylic acids is 4. The number of pyridine rings is 2. The Balaban J connectivity index is 0.000000204. The standard InChI is InChI=1S/C21H21F2N3O5.C20H19F2N3O5.Na/c1-11-5-6-31-16-10-25-9-14(18(27)19(30-2)17(25)21(29)26(11)16)20(28)24-8-12-3-4-13(22)7-15(12)23;1-10-4-5-30-15-9-24-8-13(17(26)18(27)16(24)20(29)25(10)15)19(28)23-7-11-2-3-12(21)6-14(11)22;/h3-4,7,9,11,16H,5-6,8,10H2,1-2H3,(H,24,28);2-3,6,8,10,15,27H,4-5,7,9H2,1H3,(H,23,28);/q;;+1/p-1/t11-,16+;10-,15+;/m11./s1. The second kappa shape index (κ2) is 18.8. The summed E-state index contributed by atoms with van der Waals surface area (Å²) < 4.78 is 72.9. The summed E-state index contributed by atoms with van der Waals surface area (Å²) in [7, 11) is 1.25. The first kappa shape index (κ1) is 46.0. The van der Waals surface area contributed by atoms with Gasteiger partial charge in [-0.15, -0.1) is 0 Å². The van der Waals surface area contributed by atoms with Crippen LogP contribution in [0.2, 0.25) is 0 Å². The van der Waals surface area contributed by atoms with E-state index in [4.69, 9.17) is 14.2 Å². The van der Waals surface area contributed by atoms with Crippen molar-refractivity contribution in [1.29, 1.82) is 0 Å². The van der Waals surface area contributed by atoms with Crippen molar-refractivity contribution in [3.05, 3.63) is 126 Å². The van der Waals surface area contributed by atoms with Gasteiger partial charge in [0.25, 0.3) is 23.6 Å². The molecule has 62 heavy (non-hydrogen) atoms. The fraction of sp³-hybridized carbons (Fsp3) is 0.366. The third-order valence-corrected chi connectivity index (χ3v) is 10.9. The van der Waals surface area contributed by atoms with Crippen molar-refractivity contribution >= 4 is 23.6 Å². The zero-order valence-electron chi connectivity index (χ0n) is 34.0. The van der Waals surface area contributed by atoms with Gasteiger partial charge < -0.3 is 48.9 Å². The minimum atomic E-state index is -1.12. The van der Waals surface area contributed by atoms with E-state index < -0.39 is 81.5 Å². The first-order chi connectivity index (χ1) is 29.1. The van der Waals surface area contributed by atoms with Gasteiger partial charge in [-0.1, -0.05) is 12.1 Å². The minimum Gasteiger partial charge on any atom is -0.868 e. The van der Waals surface area contributed by atoms with Crippen molar-refractivity contribution in [3.63, 3.8) is 0 Å². The number of nitrogens with zero attached hydrogens (tertiary/aromatic N) is 4. The van der Waals surface area contributed by atoms with Crippen molar-refractivity contribution in [2.45, 2.75) is 77.4 Å². The van der Waals surface area contributed by atoms with Crippen molar-refractivity contribution in [2.75, 3.05) is 20.3 Å². The molecule has 6 heterocycles. The molecule has 2 aromatic heterocycles. The smallest absolute Gasteiger partial charge is 0.868 e. The number of aromatic nitrogens is 2. The molecule has 0 radical (unpaired) electrons. The average molecular weight is 875 g/mol. The average Bonchev–Trinajstić information content (AvgIpc) is 3.21. The topological polar surface area (TPSA) is 194 Å². The van der Waals surface area contributed by atoms with Crippen LogP contribution in [0.1, 0.15) is 79.5 Å². The van der Waals surface area contributed by atoms with Gasteiger partial charge in [0.2, 0.25) is 5.43 Å². The molecule has 4 aliphatic rings. The van der Waals surface area contributed by atoms with Crippen LogP contribution in [0.3, 0.4) is 0 Å². The van der Waals surface area contributed by atoms with Crippen LogP contribution in [0.5, 0.6) is 11.5 Å². The number of methoxy groups -OCH3 is 1. The number of carbonyl (C=O) groups is 4. The van der Waals surface area contributed by atoms with E-state index in [1.54, 1.807) is 4.90 Å². The normalized spacial score (nSPS) is 20.0. The summed E-state index contributed by atoms with van der Waals surface area (Å²) in [6.45, 7) is 4.47. The van der Waals surface area contributed by atoms with Gasteiger partial charge in [0.15, 0.2) is 29.3 Å². The fourth-order valence-corrected chi connectivity index (χ4v) is 7.67. The van der Waals surface area contributed by atoms with Crippen LogP contribution in [0.4, 0.5) is 17.6 Å². The molecule has 322 valence electrons. The van der Waals surface area contributed by atoms with E-state index in [0.717, 1.165) is 18.3 Å². The summed E-state index contributed by atoms with van der Waals surface area (Å²) >= 11 is 0. The molecule has 4 atom stereocenters. The summed E-state index contributed by atoms with van der Waals surface area (Å²) in [5.74, 6) is -7.14. The minimum absolute atomic E-state index is 0. The summed E-state index contributed by atoms with van der Waals surface area (Å²) in [4.78, 5) is 79.5. The molecule has 8 rings (SSSR count). The maximum Gasteiger partial charge on any atom is 1.00 e. The first-order valence-corrected chi connectivity index (χ1v) is 19.2. The first-order valence-electron chi connectivity index (χ1n) is 19.2. The van der Waals surface area contributed by atoms with Gasteiger partial charge in [0.05, 0.1) is 33.4 Å². The maximum atomic E-state index is 13.8. The van der Waals surface area contributed by atoms with E-state index >= 15 is 0 Å². The number of amides is 4. The fourth-order valence-electron chi connectivity index (χ4n) is 7.67. The van der Waals surface area contributed by atoms with Crippen LogP contribution in [0.15, 0.2) is 58.4 Å². The second-order valence-electron chi connectivity index (χ2n) is 14.8. The SMILES string of the molecule is COc1c2n(cc(C(=O)NCc3ccc(F)cc3F)c1=O)C[C@@H]1OCC[C@@H](C)N1C2=O.C[C@@H]1CCO[C@H]2Cn3cc(C(=O)NCc4ccc(F)cc4F)c(=O)c([O-])c3C(=O)N12.[Na+]. The predicted octanol–water partition coefficient (Wildman–Crippen LogP) is -0.619.